The maximum atomic E-state index is 11.1. The second-order valence-corrected chi connectivity index (χ2v) is 2.81. The van der Waals surface area contributed by atoms with Gasteiger partial charge in [0.25, 0.3) is 0 Å². The molecule has 13 heavy (non-hydrogen) atoms. The summed E-state index contributed by atoms with van der Waals surface area (Å²) in [5.41, 5.74) is 5.45. The molecule has 0 aromatic heterocycles. The van der Waals surface area contributed by atoms with Crippen LogP contribution in [-0.2, 0) is 4.74 Å². The van der Waals surface area contributed by atoms with E-state index in [1.807, 2.05) is 0 Å². The minimum absolute atomic E-state index is 0.0312. The van der Waals surface area contributed by atoms with E-state index in [-0.39, 0.29) is 22.0 Å². The number of nitrogen functional groups attached to an aromatic ring is 1. The molecule has 0 saturated carbocycles. The first-order chi connectivity index (χ1) is 6.06. The highest BCUT2D eigenvalue weighted by Crippen LogP contribution is 2.28. The summed E-state index contributed by atoms with van der Waals surface area (Å²) in [5, 5.41) is 9.44. The van der Waals surface area contributed by atoms with Crippen molar-refractivity contribution in [3.05, 3.63) is 22.7 Å². The van der Waals surface area contributed by atoms with Gasteiger partial charge in [-0.3, -0.25) is 0 Å². The number of phenolic OH excluding ortho intramolecular Hbond substituents is 1. The summed E-state index contributed by atoms with van der Waals surface area (Å²) < 4.78 is 4.44. The summed E-state index contributed by atoms with van der Waals surface area (Å²) in [4.78, 5) is 11.1. The Kier molecular flexibility index (Phi) is 2.63. The molecular weight excluding hydrogens is 194 g/mol. The fraction of sp³-hybridized carbons (Fsp3) is 0.125. The Morgan fingerprint density at radius 3 is 2.77 bits per heavy atom. The van der Waals surface area contributed by atoms with Gasteiger partial charge in [-0.1, -0.05) is 11.6 Å². The van der Waals surface area contributed by atoms with Crippen LogP contribution < -0.4 is 5.73 Å². The zero-order valence-corrected chi connectivity index (χ0v) is 7.63. The van der Waals surface area contributed by atoms with E-state index in [1.54, 1.807) is 0 Å². The lowest BCUT2D eigenvalue weighted by atomic mass is 10.1. The van der Waals surface area contributed by atoms with Crippen molar-refractivity contribution in [2.75, 3.05) is 12.8 Å². The molecule has 0 bridgehead atoms. The predicted octanol–water partition coefficient (Wildman–Crippen LogP) is 1.41. The molecule has 1 rings (SSSR count). The second kappa shape index (κ2) is 3.53. The maximum absolute atomic E-state index is 11.1. The fourth-order valence-corrected chi connectivity index (χ4v) is 1.09. The van der Waals surface area contributed by atoms with E-state index in [4.69, 9.17) is 17.3 Å². The molecule has 0 heterocycles. The van der Waals surface area contributed by atoms with Crippen LogP contribution in [-0.4, -0.2) is 18.2 Å². The third-order valence-corrected chi connectivity index (χ3v) is 1.75. The molecule has 0 radical (unpaired) electrons. The number of ether oxygens (including phenoxy) is 1. The smallest absolute Gasteiger partial charge is 0.340 e. The van der Waals surface area contributed by atoms with Gasteiger partial charge in [0, 0.05) is 11.1 Å². The molecule has 0 fully saturated rings. The van der Waals surface area contributed by atoms with Gasteiger partial charge in [-0.15, -0.1) is 0 Å². The number of nitrogens with two attached hydrogens (primary N) is 1. The molecule has 70 valence electrons. The number of hydrogen-bond donors (Lipinski definition) is 2. The van der Waals surface area contributed by atoms with Gasteiger partial charge in [0.2, 0.25) is 0 Å². The van der Waals surface area contributed by atoms with Crippen LogP contribution in [0.2, 0.25) is 5.02 Å². The Bertz CT molecular complexity index is 351. The highest BCUT2D eigenvalue weighted by Gasteiger charge is 2.13. The van der Waals surface area contributed by atoms with Crippen molar-refractivity contribution in [2.24, 2.45) is 0 Å². The average Bonchev–Trinajstić information content (AvgIpc) is 2.10. The van der Waals surface area contributed by atoms with Gasteiger partial charge in [0.1, 0.15) is 5.75 Å². The van der Waals surface area contributed by atoms with Crippen LogP contribution in [0.25, 0.3) is 0 Å². The van der Waals surface area contributed by atoms with E-state index in [0.29, 0.717) is 0 Å². The highest BCUT2D eigenvalue weighted by atomic mass is 35.5. The van der Waals surface area contributed by atoms with Gasteiger partial charge < -0.3 is 15.6 Å². The van der Waals surface area contributed by atoms with Crippen molar-refractivity contribution in [2.45, 2.75) is 0 Å². The predicted molar refractivity (Wildman–Crippen MR) is 48.9 cm³/mol. The number of anilines is 1. The zero-order valence-electron chi connectivity index (χ0n) is 6.87. The molecule has 1 aromatic rings. The van der Waals surface area contributed by atoms with Crippen LogP contribution in [0.15, 0.2) is 12.1 Å². The second-order valence-electron chi connectivity index (χ2n) is 2.38. The van der Waals surface area contributed by atoms with E-state index in [2.05, 4.69) is 4.74 Å². The molecular formula is C8H8ClNO3. The third-order valence-electron chi connectivity index (χ3n) is 1.53. The summed E-state index contributed by atoms with van der Waals surface area (Å²) >= 11 is 5.60. The number of rotatable bonds is 1. The Morgan fingerprint density at radius 1 is 1.62 bits per heavy atom. The Morgan fingerprint density at radius 2 is 2.23 bits per heavy atom. The third kappa shape index (κ3) is 1.84. The number of benzene rings is 1. The molecule has 0 spiro atoms. The number of methoxy groups -OCH3 is 1. The topological polar surface area (TPSA) is 72.5 Å². The van der Waals surface area contributed by atoms with Crippen LogP contribution >= 0.6 is 11.6 Å². The van der Waals surface area contributed by atoms with Gasteiger partial charge in [0.15, 0.2) is 0 Å². The highest BCUT2D eigenvalue weighted by molar-refractivity contribution is 6.31. The van der Waals surface area contributed by atoms with Crippen LogP contribution in [0.3, 0.4) is 0 Å². The quantitative estimate of drug-likeness (QED) is 0.409. The minimum atomic E-state index is -0.629. The first kappa shape index (κ1) is 9.67. The summed E-state index contributed by atoms with van der Waals surface area (Å²) in [6.07, 6.45) is 0. The SMILES string of the molecule is COC(=O)c1cc(Cl)cc(O)c1N. The van der Waals surface area contributed by atoms with E-state index < -0.39 is 5.97 Å². The van der Waals surface area contributed by atoms with E-state index in [1.165, 1.54) is 19.2 Å². The Balaban J connectivity index is 3.28. The number of carbonyl (C=O) groups is 1. The molecule has 0 aliphatic rings. The fourth-order valence-electron chi connectivity index (χ4n) is 0.882. The van der Waals surface area contributed by atoms with E-state index in [9.17, 15) is 9.90 Å². The van der Waals surface area contributed by atoms with Crippen LogP contribution in [0.4, 0.5) is 5.69 Å². The largest absolute Gasteiger partial charge is 0.506 e. The molecule has 0 atom stereocenters. The Labute approximate surface area is 79.9 Å². The molecule has 0 saturated heterocycles. The summed E-state index contributed by atoms with van der Waals surface area (Å²) in [6, 6.07) is 2.59. The van der Waals surface area contributed by atoms with Gasteiger partial charge in [-0.25, -0.2) is 4.79 Å². The molecule has 0 aliphatic carbocycles. The Hall–Kier alpha value is -1.42. The monoisotopic (exact) mass is 201 g/mol. The van der Waals surface area contributed by atoms with Crippen molar-refractivity contribution in [3.63, 3.8) is 0 Å². The molecule has 3 N–H and O–H groups in total. The lowest BCUT2D eigenvalue weighted by molar-refractivity contribution is 0.0601. The van der Waals surface area contributed by atoms with Crippen molar-refractivity contribution in [1.82, 2.24) is 0 Å². The molecule has 0 amide bonds. The van der Waals surface area contributed by atoms with Crippen LogP contribution in [0.1, 0.15) is 10.4 Å². The lowest BCUT2D eigenvalue weighted by Gasteiger charge is -2.05. The van der Waals surface area contributed by atoms with E-state index >= 15 is 0 Å². The van der Waals surface area contributed by atoms with Crippen molar-refractivity contribution in [1.29, 1.82) is 0 Å². The van der Waals surface area contributed by atoms with Crippen LogP contribution in [0, 0.1) is 0 Å². The number of aromatic hydroxyl groups is 1. The van der Waals surface area contributed by atoms with E-state index in [0.717, 1.165) is 0 Å². The van der Waals surface area contributed by atoms with Crippen LogP contribution in [0.5, 0.6) is 5.75 Å². The van der Waals surface area contributed by atoms with Gasteiger partial charge in [-0.2, -0.15) is 0 Å². The van der Waals surface area contributed by atoms with Gasteiger partial charge in [-0.05, 0) is 6.07 Å². The summed E-state index contributed by atoms with van der Waals surface area (Å²) in [6.45, 7) is 0. The van der Waals surface area contributed by atoms with Crippen molar-refractivity contribution < 1.29 is 14.6 Å². The number of phenols is 1. The lowest BCUT2D eigenvalue weighted by Crippen LogP contribution is -2.05. The minimum Gasteiger partial charge on any atom is -0.506 e. The zero-order chi connectivity index (χ0) is 10.0. The normalized spacial score (nSPS) is 9.69. The first-order valence-electron chi connectivity index (χ1n) is 3.42. The average molecular weight is 202 g/mol. The molecule has 0 unspecified atom stereocenters. The maximum Gasteiger partial charge on any atom is 0.340 e. The summed E-state index contributed by atoms with van der Waals surface area (Å²) in [5.74, 6) is -0.858. The molecule has 0 aliphatic heterocycles. The number of halogens is 1. The number of carbonyl (C=O) groups excluding carboxylic acids is 1. The number of esters is 1. The van der Waals surface area contributed by atoms with Gasteiger partial charge >= 0.3 is 5.97 Å². The number of hydrogen-bond acceptors (Lipinski definition) is 4. The summed E-state index contributed by atoms with van der Waals surface area (Å²) in [7, 11) is 1.22. The molecule has 5 heteroatoms. The molecule has 4 nitrogen and oxygen atoms in total. The van der Waals surface area contributed by atoms with Gasteiger partial charge in [0.05, 0.1) is 18.4 Å². The standard InChI is InChI=1S/C8H8ClNO3/c1-13-8(12)5-2-4(9)3-6(11)7(5)10/h2-3,11H,10H2,1H3. The van der Waals surface area contributed by atoms with Crippen molar-refractivity contribution in [3.8, 4) is 5.75 Å². The molecule has 1 aromatic carbocycles. The first-order valence-corrected chi connectivity index (χ1v) is 3.80. The van der Waals surface area contributed by atoms with Crippen molar-refractivity contribution >= 4 is 23.3 Å².